The maximum atomic E-state index is 9.39. The van der Waals surface area contributed by atoms with E-state index in [4.69, 9.17) is 0 Å². The summed E-state index contributed by atoms with van der Waals surface area (Å²) in [7, 11) is 0. The van der Waals surface area contributed by atoms with Crippen LogP contribution in [0.3, 0.4) is 0 Å². The Kier molecular flexibility index (Phi) is 1.67. The van der Waals surface area contributed by atoms with Crippen molar-refractivity contribution >= 4 is 0 Å². The van der Waals surface area contributed by atoms with Gasteiger partial charge in [0, 0.05) is 11.6 Å². The lowest BCUT2D eigenvalue weighted by Gasteiger charge is -2.16. The zero-order valence-electron chi connectivity index (χ0n) is 7.99. The fourth-order valence-electron chi connectivity index (χ4n) is 2.07. The fourth-order valence-corrected chi connectivity index (χ4v) is 2.07. The maximum Gasteiger partial charge on any atom is 0.115 e. The van der Waals surface area contributed by atoms with Crippen LogP contribution in [-0.2, 0) is 5.41 Å². The average molecular weight is 178 g/mol. The molecule has 1 N–H and O–H groups in total. The van der Waals surface area contributed by atoms with E-state index in [0.717, 1.165) is 12.1 Å². The summed E-state index contributed by atoms with van der Waals surface area (Å²) in [6, 6.07) is 1.89. The molecule has 70 valence electrons. The molecule has 0 amide bonds. The number of hydrogen-bond donors (Lipinski definition) is 1. The molecule has 1 aliphatic rings. The molecule has 0 spiro atoms. The summed E-state index contributed by atoms with van der Waals surface area (Å²) in [6.07, 6.45) is 4.28. The SMILES string of the molecule is CC1(C)CC1(CO)c1ccncn1. The van der Waals surface area contributed by atoms with Gasteiger partial charge >= 0.3 is 0 Å². The zero-order chi connectivity index (χ0) is 9.53. The van der Waals surface area contributed by atoms with Gasteiger partial charge in [-0.2, -0.15) is 0 Å². The first-order chi connectivity index (χ1) is 6.12. The summed E-state index contributed by atoms with van der Waals surface area (Å²) >= 11 is 0. The molecule has 2 rings (SSSR count). The molecule has 1 atom stereocenters. The van der Waals surface area contributed by atoms with Gasteiger partial charge in [-0.05, 0) is 17.9 Å². The van der Waals surface area contributed by atoms with Crippen LogP contribution in [0, 0.1) is 5.41 Å². The molecular weight excluding hydrogens is 164 g/mol. The first kappa shape index (κ1) is 8.63. The lowest BCUT2D eigenvalue weighted by molar-refractivity contribution is 0.228. The fraction of sp³-hybridized carbons (Fsp3) is 0.600. The van der Waals surface area contributed by atoms with Crippen molar-refractivity contribution in [1.29, 1.82) is 0 Å². The van der Waals surface area contributed by atoms with Gasteiger partial charge in [0.25, 0.3) is 0 Å². The molecule has 1 fully saturated rings. The maximum absolute atomic E-state index is 9.39. The van der Waals surface area contributed by atoms with Gasteiger partial charge in [0.1, 0.15) is 6.33 Å². The molecule has 1 aliphatic carbocycles. The smallest absolute Gasteiger partial charge is 0.115 e. The molecule has 13 heavy (non-hydrogen) atoms. The Bertz CT molecular complexity index is 310. The monoisotopic (exact) mass is 178 g/mol. The van der Waals surface area contributed by atoms with E-state index >= 15 is 0 Å². The van der Waals surface area contributed by atoms with E-state index in [1.165, 1.54) is 0 Å². The van der Waals surface area contributed by atoms with Crippen LogP contribution in [0.25, 0.3) is 0 Å². The minimum Gasteiger partial charge on any atom is -0.395 e. The van der Waals surface area contributed by atoms with E-state index in [2.05, 4.69) is 23.8 Å². The van der Waals surface area contributed by atoms with Crippen LogP contribution in [0.2, 0.25) is 0 Å². The standard InChI is InChI=1S/C10H14N2O/c1-9(2)5-10(9,6-13)8-3-4-11-7-12-8/h3-4,7,13H,5-6H2,1-2H3. The van der Waals surface area contributed by atoms with Gasteiger partial charge in [-0.1, -0.05) is 13.8 Å². The molecule has 3 nitrogen and oxygen atoms in total. The van der Waals surface area contributed by atoms with Crippen LogP contribution in [0.5, 0.6) is 0 Å². The summed E-state index contributed by atoms with van der Waals surface area (Å²) in [5, 5.41) is 9.39. The van der Waals surface area contributed by atoms with Gasteiger partial charge in [-0.15, -0.1) is 0 Å². The number of aromatic nitrogens is 2. The third kappa shape index (κ3) is 1.07. The molecule has 1 aromatic heterocycles. The van der Waals surface area contributed by atoms with E-state index in [1.54, 1.807) is 12.5 Å². The normalized spacial score (nSPS) is 30.1. The van der Waals surface area contributed by atoms with E-state index < -0.39 is 0 Å². The highest BCUT2D eigenvalue weighted by Crippen LogP contribution is 2.63. The van der Waals surface area contributed by atoms with Crippen LogP contribution in [-0.4, -0.2) is 21.7 Å². The van der Waals surface area contributed by atoms with Crippen LogP contribution in [0.15, 0.2) is 18.6 Å². The lowest BCUT2D eigenvalue weighted by atomic mass is 9.93. The largest absolute Gasteiger partial charge is 0.395 e. The third-order valence-electron chi connectivity index (χ3n) is 3.26. The van der Waals surface area contributed by atoms with Gasteiger partial charge in [-0.3, -0.25) is 0 Å². The predicted molar refractivity (Wildman–Crippen MR) is 49.2 cm³/mol. The molecule has 1 heterocycles. The Balaban J connectivity index is 2.37. The quantitative estimate of drug-likeness (QED) is 0.738. The van der Waals surface area contributed by atoms with E-state index in [-0.39, 0.29) is 17.4 Å². The van der Waals surface area contributed by atoms with Gasteiger partial charge in [0.15, 0.2) is 0 Å². The molecule has 0 aromatic carbocycles. The Hall–Kier alpha value is -0.960. The Morgan fingerprint density at radius 1 is 1.54 bits per heavy atom. The minimum absolute atomic E-state index is 0.115. The van der Waals surface area contributed by atoms with Crippen molar-refractivity contribution in [2.75, 3.05) is 6.61 Å². The molecular formula is C10H14N2O. The number of aliphatic hydroxyl groups excluding tert-OH is 1. The number of hydrogen-bond acceptors (Lipinski definition) is 3. The van der Waals surface area contributed by atoms with Crippen LogP contribution in [0.4, 0.5) is 0 Å². The van der Waals surface area contributed by atoms with Crippen molar-refractivity contribution in [3.63, 3.8) is 0 Å². The minimum atomic E-state index is -0.115. The topological polar surface area (TPSA) is 46.0 Å². The molecule has 0 bridgehead atoms. The van der Waals surface area contributed by atoms with Crippen molar-refractivity contribution in [3.05, 3.63) is 24.3 Å². The number of aliphatic hydroxyl groups is 1. The predicted octanol–water partition coefficient (Wildman–Crippen LogP) is 1.14. The van der Waals surface area contributed by atoms with Crippen molar-refractivity contribution in [2.45, 2.75) is 25.7 Å². The number of nitrogens with zero attached hydrogens (tertiary/aromatic N) is 2. The molecule has 1 aromatic rings. The second kappa shape index (κ2) is 2.51. The first-order valence-electron chi connectivity index (χ1n) is 4.50. The Morgan fingerprint density at radius 2 is 2.23 bits per heavy atom. The van der Waals surface area contributed by atoms with E-state index in [1.807, 2.05) is 6.07 Å². The molecule has 0 radical (unpaired) electrons. The molecule has 1 unspecified atom stereocenters. The van der Waals surface area contributed by atoms with E-state index in [0.29, 0.717) is 0 Å². The zero-order valence-corrected chi connectivity index (χ0v) is 7.99. The van der Waals surface area contributed by atoms with E-state index in [9.17, 15) is 5.11 Å². The summed E-state index contributed by atoms with van der Waals surface area (Å²) in [4.78, 5) is 8.08. The Morgan fingerprint density at radius 3 is 2.62 bits per heavy atom. The molecule has 3 heteroatoms. The Labute approximate surface area is 77.8 Å². The van der Waals surface area contributed by atoms with Gasteiger partial charge in [-0.25, -0.2) is 9.97 Å². The highest BCUT2D eigenvalue weighted by molar-refractivity contribution is 5.31. The third-order valence-corrected chi connectivity index (χ3v) is 3.26. The van der Waals surface area contributed by atoms with Crippen molar-refractivity contribution in [3.8, 4) is 0 Å². The van der Waals surface area contributed by atoms with Gasteiger partial charge in [0.2, 0.25) is 0 Å². The second-order valence-corrected chi connectivity index (χ2v) is 4.40. The highest BCUT2D eigenvalue weighted by atomic mass is 16.3. The average Bonchev–Trinajstić information content (AvgIpc) is 2.72. The molecule has 0 aliphatic heterocycles. The van der Waals surface area contributed by atoms with Gasteiger partial charge < -0.3 is 5.11 Å². The van der Waals surface area contributed by atoms with Gasteiger partial charge in [0.05, 0.1) is 12.3 Å². The first-order valence-corrected chi connectivity index (χ1v) is 4.50. The summed E-state index contributed by atoms with van der Waals surface area (Å²) in [5.41, 5.74) is 1.03. The van der Waals surface area contributed by atoms with Crippen molar-refractivity contribution < 1.29 is 5.11 Å². The van der Waals surface area contributed by atoms with Crippen molar-refractivity contribution in [1.82, 2.24) is 9.97 Å². The molecule has 0 saturated heterocycles. The van der Waals surface area contributed by atoms with Crippen LogP contribution < -0.4 is 0 Å². The number of rotatable bonds is 2. The highest BCUT2D eigenvalue weighted by Gasteiger charge is 2.62. The summed E-state index contributed by atoms with van der Waals surface area (Å²) in [5.74, 6) is 0. The molecule has 1 saturated carbocycles. The lowest BCUT2D eigenvalue weighted by Crippen LogP contribution is -2.20. The summed E-state index contributed by atoms with van der Waals surface area (Å²) < 4.78 is 0. The van der Waals surface area contributed by atoms with Crippen LogP contribution in [0.1, 0.15) is 26.0 Å². The van der Waals surface area contributed by atoms with Crippen LogP contribution >= 0.6 is 0 Å². The summed E-state index contributed by atoms with van der Waals surface area (Å²) in [6.45, 7) is 4.49. The van der Waals surface area contributed by atoms with Crippen molar-refractivity contribution in [2.24, 2.45) is 5.41 Å². The second-order valence-electron chi connectivity index (χ2n) is 4.40.